The Hall–Kier alpha value is -0.710. The summed E-state index contributed by atoms with van der Waals surface area (Å²) in [5, 5.41) is 3.52. The fourth-order valence-electron chi connectivity index (χ4n) is 3.52. The summed E-state index contributed by atoms with van der Waals surface area (Å²) in [7, 11) is 0. The molecule has 3 atom stereocenters. The molecule has 1 aromatic rings. The van der Waals surface area contributed by atoms with Crippen molar-refractivity contribution in [1.82, 2.24) is 10.2 Å². The summed E-state index contributed by atoms with van der Waals surface area (Å²) in [6, 6.07) is 10.4. The molecule has 0 aliphatic carbocycles. The van der Waals surface area contributed by atoms with Crippen LogP contribution >= 0.6 is 24.2 Å². The maximum atomic E-state index is 12.9. The minimum atomic E-state index is 0. The molecular weight excluding hydrogens is 328 g/mol. The Bertz CT molecular complexity index is 499. The van der Waals surface area contributed by atoms with Gasteiger partial charge in [0.1, 0.15) is 0 Å². The Morgan fingerprint density at radius 1 is 1.22 bits per heavy atom. The number of fused-ring (bicyclic) bond motifs is 1. The van der Waals surface area contributed by atoms with Gasteiger partial charge in [-0.15, -0.1) is 24.2 Å². The van der Waals surface area contributed by atoms with Crippen molar-refractivity contribution in [3.8, 4) is 0 Å². The molecule has 2 aliphatic heterocycles. The first kappa shape index (κ1) is 18.6. The van der Waals surface area contributed by atoms with E-state index < -0.39 is 0 Å². The number of thioether (sulfide) groups is 1. The average molecular weight is 355 g/mol. The van der Waals surface area contributed by atoms with Gasteiger partial charge in [0.15, 0.2) is 0 Å². The Labute approximate surface area is 150 Å². The van der Waals surface area contributed by atoms with Crippen molar-refractivity contribution in [1.29, 1.82) is 0 Å². The second-order valence-corrected chi connectivity index (χ2v) is 8.01. The second kappa shape index (κ2) is 8.41. The van der Waals surface area contributed by atoms with Gasteiger partial charge in [-0.25, -0.2) is 0 Å². The Kier molecular flexibility index (Phi) is 6.81. The van der Waals surface area contributed by atoms with Crippen LogP contribution in [0.4, 0.5) is 0 Å². The summed E-state index contributed by atoms with van der Waals surface area (Å²) >= 11 is 1.80. The Balaban J connectivity index is 0.00000192. The lowest BCUT2D eigenvalue weighted by Crippen LogP contribution is -2.40. The zero-order valence-corrected chi connectivity index (χ0v) is 15.5. The minimum Gasteiger partial charge on any atom is -0.341 e. The monoisotopic (exact) mass is 354 g/mol. The van der Waals surface area contributed by atoms with Gasteiger partial charge in [0, 0.05) is 31.9 Å². The number of rotatable bonds is 5. The third-order valence-corrected chi connectivity index (χ3v) is 6.43. The van der Waals surface area contributed by atoms with E-state index in [2.05, 4.69) is 48.3 Å². The number of carbonyl (C=O) groups is 1. The Morgan fingerprint density at radius 3 is 2.39 bits per heavy atom. The number of benzene rings is 1. The average Bonchev–Trinajstić information content (AvgIpc) is 3.09. The van der Waals surface area contributed by atoms with E-state index in [9.17, 15) is 4.79 Å². The quantitative estimate of drug-likeness (QED) is 0.882. The van der Waals surface area contributed by atoms with E-state index in [1.54, 1.807) is 11.8 Å². The molecule has 3 rings (SSSR count). The van der Waals surface area contributed by atoms with Crippen LogP contribution in [0, 0.1) is 17.8 Å². The zero-order chi connectivity index (χ0) is 15.5. The smallest absolute Gasteiger partial charge is 0.235 e. The number of carbonyl (C=O) groups excluding carboxylic acids is 1. The van der Waals surface area contributed by atoms with Gasteiger partial charge in [-0.3, -0.25) is 4.79 Å². The van der Waals surface area contributed by atoms with Crippen LogP contribution in [-0.4, -0.2) is 42.2 Å². The largest absolute Gasteiger partial charge is 0.341 e. The first-order valence-corrected chi connectivity index (χ1v) is 9.35. The van der Waals surface area contributed by atoms with Crippen molar-refractivity contribution in [2.24, 2.45) is 17.8 Å². The molecule has 128 valence electrons. The number of likely N-dealkylation sites (tertiary alicyclic amines) is 1. The summed E-state index contributed by atoms with van der Waals surface area (Å²) in [6.07, 6.45) is 0. The van der Waals surface area contributed by atoms with Crippen molar-refractivity contribution in [3.63, 3.8) is 0 Å². The van der Waals surface area contributed by atoms with Gasteiger partial charge in [0.25, 0.3) is 0 Å². The molecule has 2 heterocycles. The molecule has 3 nitrogen and oxygen atoms in total. The number of hydrogen-bond donors (Lipinski definition) is 1. The van der Waals surface area contributed by atoms with Crippen LogP contribution in [0.2, 0.25) is 0 Å². The highest BCUT2D eigenvalue weighted by molar-refractivity contribution is 7.99. The maximum absolute atomic E-state index is 12.9. The molecule has 2 fully saturated rings. The van der Waals surface area contributed by atoms with Gasteiger partial charge in [0.05, 0.1) is 5.25 Å². The molecule has 23 heavy (non-hydrogen) atoms. The molecular formula is C18H27ClN2OS. The first-order chi connectivity index (χ1) is 10.6. The van der Waals surface area contributed by atoms with Crippen molar-refractivity contribution in [2.75, 3.05) is 26.2 Å². The topological polar surface area (TPSA) is 32.3 Å². The molecule has 1 amide bonds. The lowest BCUT2D eigenvalue weighted by molar-refractivity contribution is -0.130. The Morgan fingerprint density at radius 2 is 1.83 bits per heavy atom. The number of nitrogens with zero attached hydrogens (tertiary/aromatic N) is 1. The van der Waals surface area contributed by atoms with Crippen LogP contribution in [0.25, 0.3) is 0 Å². The summed E-state index contributed by atoms with van der Waals surface area (Å²) in [4.78, 5) is 15.0. The van der Waals surface area contributed by atoms with E-state index in [-0.39, 0.29) is 17.7 Å². The van der Waals surface area contributed by atoms with E-state index in [0.29, 0.717) is 23.7 Å². The second-order valence-electron chi connectivity index (χ2n) is 6.88. The predicted octanol–water partition coefficient (Wildman–Crippen LogP) is 3.04. The van der Waals surface area contributed by atoms with Crippen LogP contribution in [0.3, 0.4) is 0 Å². The highest BCUT2D eigenvalue weighted by Gasteiger charge is 2.40. The molecule has 0 bridgehead atoms. The van der Waals surface area contributed by atoms with Crippen molar-refractivity contribution < 1.29 is 4.79 Å². The molecule has 0 spiro atoms. The number of amides is 1. The normalized spacial score (nSPS) is 24.4. The fourth-order valence-corrected chi connectivity index (χ4v) is 4.77. The van der Waals surface area contributed by atoms with Crippen molar-refractivity contribution in [3.05, 3.63) is 35.9 Å². The van der Waals surface area contributed by atoms with Gasteiger partial charge >= 0.3 is 0 Å². The van der Waals surface area contributed by atoms with E-state index in [1.165, 1.54) is 5.56 Å². The molecule has 1 unspecified atom stereocenters. The predicted molar refractivity (Wildman–Crippen MR) is 100 cm³/mol. The van der Waals surface area contributed by atoms with Gasteiger partial charge in [-0.05, 0) is 23.3 Å². The third-order valence-electron chi connectivity index (χ3n) is 4.82. The molecule has 2 aliphatic rings. The summed E-state index contributed by atoms with van der Waals surface area (Å²) in [5.41, 5.74) is 1.30. The molecule has 0 saturated carbocycles. The van der Waals surface area contributed by atoms with E-state index in [1.807, 2.05) is 6.07 Å². The SMILES string of the molecule is CC(C)C(SCc1ccccc1)C(=O)N1C[C@H]2CNC[C@H]2C1.Cl. The van der Waals surface area contributed by atoms with Crippen LogP contribution in [0.5, 0.6) is 0 Å². The van der Waals surface area contributed by atoms with E-state index in [4.69, 9.17) is 0 Å². The van der Waals surface area contributed by atoms with Crippen LogP contribution in [-0.2, 0) is 10.5 Å². The third kappa shape index (κ3) is 4.43. The lowest BCUT2D eigenvalue weighted by Gasteiger charge is -2.26. The molecule has 2 saturated heterocycles. The maximum Gasteiger partial charge on any atom is 0.235 e. The molecule has 0 aromatic heterocycles. The van der Waals surface area contributed by atoms with E-state index >= 15 is 0 Å². The highest BCUT2D eigenvalue weighted by atomic mass is 35.5. The molecule has 1 N–H and O–H groups in total. The highest BCUT2D eigenvalue weighted by Crippen LogP contribution is 2.31. The summed E-state index contributed by atoms with van der Waals surface area (Å²) in [6.45, 7) is 8.39. The molecule has 0 radical (unpaired) electrons. The van der Waals surface area contributed by atoms with E-state index in [0.717, 1.165) is 31.9 Å². The lowest BCUT2D eigenvalue weighted by atomic mass is 10.0. The number of nitrogens with one attached hydrogen (secondary N) is 1. The first-order valence-electron chi connectivity index (χ1n) is 8.30. The fraction of sp³-hybridized carbons (Fsp3) is 0.611. The molecule has 1 aromatic carbocycles. The zero-order valence-electron chi connectivity index (χ0n) is 13.9. The molecule has 5 heteroatoms. The van der Waals surface area contributed by atoms with Crippen LogP contribution < -0.4 is 5.32 Å². The standard InChI is InChI=1S/C18H26N2OS.ClH/c1-13(2)17(22-12-14-6-4-3-5-7-14)18(21)20-10-15-8-19-9-16(15)11-20;/h3-7,13,15-17,19H,8-12H2,1-2H3;1H/t15-,16+,17?;. The van der Waals surface area contributed by atoms with Crippen LogP contribution in [0.1, 0.15) is 19.4 Å². The van der Waals surface area contributed by atoms with Gasteiger partial charge in [0.2, 0.25) is 5.91 Å². The number of hydrogen-bond acceptors (Lipinski definition) is 3. The van der Waals surface area contributed by atoms with Crippen molar-refractivity contribution >= 4 is 30.1 Å². The van der Waals surface area contributed by atoms with Gasteiger partial charge in [-0.2, -0.15) is 0 Å². The number of halogens is 1. The van der Waals surface area contributed by atoms with Crippen LogP contribution in [0.15, 0.2) is 30.3 Å². The van der Waals surface area contributed by atoms with Crippen molar-refractivity contribution in [2.45, 2.75) is 24.9 Å². The minimum absolute atomic E-state index is 0. The van der Waals surface area contributed by atoms with Gasteiger partial charge in [-0.1, -0.05) is 44.2 Å². The van der Waals surface area contributed by atoms with Gasteiger partial charge < -0.3 is 10.2 Å². The summed E-state index contributed by atoms with van der Waals surface area (Å²) < 4.78 is 0. The summed E-state index contributed by atoms with van der Waals surface area (Å²) in [5.74, 6) is 2.99.